The van der Waals surface area contributed by atoms with Crippen molar-refractivity contribution in [1.29, 1.82) is 0 Å². The van der Waals surface area contributed by atoms with Crippen LogP contribution in [0.4, 0.5) is 13.2 Å². The highest BCUT2D eigenvalue weighted by molar-refractivity contribution is 5.92. The number of aromatic nitrogens is 1. The van der Waals surface area contributed by atoms with Gasteiger partial charge in [0.15, 0.2) is 5.92 Å². The van der Waals surface area contributed by atoms with Crippen LogP contribution >= 0.6 is 0 Å². The van der Waals surface area contributed by atoms with Crippen molar-refractivity contribution >= 4 is 11.9 Å². The number of carboxylic acids is 2. The lowest BCUT2D eigenvalue weighted by atomic mass is 10.0. The normalized spacial score (nSPS) is 11.7. The molecule has 0 amide bonds. The molecule has 0 saturated carbocycles. The van der Waals surface area contributed by atoms with Crippen molar-refractivity contribution in [3.8, 4) is 11.5 Å². The highest BCUT2D eigenvalue weighted by atomic mass is 19.4. The van der Waals surface area contributed by atoms with E-state index in [0.717, 1.165) is 5.56 Å². The topological polar surface area (TPSA) is 101 Å². The van der Waals surface area contributed by atoms with E-state index in [-0.39, 0.29) is 37.3 Å². The lowest BCUT2D eigenvalue weighted by Gasteiger charge is -2.07. The number of carboxylic acid groups (broad SMARTS) is 2. The van der Waals surface area contributed by atoms with Gasteiger partial charge in [-0.25, -0.2) is 4.98 Å². The third-order valence-corrected chi connectivity index (χ3v) is 4.01. The van der Waals surface area contributed by atoms with Crippen LogP contribution in [0.1, 0.15) is 36.3 Å². The van der Waals surface area contributed by atoms with Crippen LogP contribution in [0.15, 0.2) is 28.7 Å². The number of unbranched alkanes of at least 4 members (excludes halogenated alkanes) is 1. The molecule has 6 nitrogen and oxygen atoms in total. The Hall–Kier alpha value is -2.84. The Morgan fingerprint density at radius 1 is 1.11 bits per heavy atom. The first-order chi connectivity index (χ1) is 12.6. The number of carbonyl (C=O) groups is 2. The Bertz CT molecular complexity index is 797. The molecular weight excluding hydrogens is 367 g/mol. The van der Waals surface area contributed by atoms with E-state index in [4.69, 9.17) is 14.6 Å². The van der Waals surface area contributed by atoms with E-state index >= 15 is 0 Å². The maximum absolute atomic E-state index is 13.2. The molecular formula is C18H18F3NO5. The predicted octanol–water partition coefficient (Wildman–Crippen LogP) is 4.17. The van der Waals surface area contributed by atoms with E-state index < -0.39 is 29.8 Å². The van der Waals surface area contributed by atoms with Crippen LogP contribution in [-0.2, 0) is 22.2 Å². The molecule has 1 heterocycles. The van der Waals surface area contributed by atoms with E-state index in [1.165, 1.54) is 0 Å². The van der Waals surface area contributed by atoms with Gasteiger partial charge in [0.1, 0.15) is 0 Å². The Morgan fingerprint density at radius 2 is 1.70 bits per heavy atom. The van der Waals surface area contributed by atoms with Crippen molar-refractivity contribution in [2.75, 3.05) is 0 Å². The number of nitrogens with zero attached hydrogens (tertiary/aromatic N) is 1. The number of aryl methyl sites for hydroxylation is 2. The van der Waals surface area contributed by atoms with Gasteiger partial charge in [-0.1, -0.05) is 24.1 Å². The van der Waals surface area contributed by atoms with Crippen LogP contribution in [0, 0.1) is 12.8 Å². The molecule has 0 aliphatic rings. The van der Waals surface area contributed by atoms with Gasteiger partial charge in [0.05, 0.1) is 5.69 Å². The summed E-state index contributed by atoms with van der Waals surface area (Å²) in [6, 6.07) is 6.67. The molecule has 0 fully saturated rings. The van der Waals surface area contributed by atoms with Gasteiger partial charge in [-0.05, 0) is 38.3 Å². The average molecular weight is 385 g/mol. The van der Waals surface area contributed by atoms with Crippen LogP contribution in [0.5, 0.6) is 0 Å². The first-order valence-electron chi connectivity index (χ1n) is 8.19. The molecule has 0 bridgehead atoms. The first-order valence-corrected chi connectivity index (χ1v) is 8.19. The lowest BCUT2D eigenvalue weighted by Crippen LogP contribution is -2.23. The van der Waals surface area contributed by atoms with Gasteiger partial charge in [-0.3, -0.25) is 9.59 Å². The second kappa shape index (κ2) is 8.24. The largest absolute Gasteiger partial charge is 0.481 e. The molecule has 2 N–H and O–H groups in total. The Balaban J connectivity index is 2.12. The molecule has 0 radical (unpaired) electrons. The summed E-state index contributed by atoms with van der Waals surface area (Å²) in [6.07, 6.45) is -4.70. The molecule has 27 heavy (non-hydrogen) atoms. The highest BCUT2D eigenvalue weighted by Crippen LogP contribution is 2.36. The van der Waals surface area contributed by atoms with Gasteiger partial charge in [0, 0.05) is 5.56 Å². The van der Waals surface area contributed by atoms with E-state index in [1.54, 1.807) is 24.3 Å². The Labute approximate surface area is 152 Å². The van der Waals surface area contributed by atoms with Gasteiger partial charge in [0.2, 0.25) is 11.7 Å². The molecule has 2 rings (SSSR count). The Kier molecular flexibility index (Phi) is 6.24. The molecule has 0 saturated heterocycles. The molecule has 1 aromatic heterocycles. The summed E-state index contributed by atoms with van der Waals surface area (Å²) in [7, 11) is 0. The van der Waals surface area contributed by atoms with E-state index in [1.807, 2.05) is 6.92 Å². The number of hydrogen-bond donors (Lipinski definition) is 2. The third-order valence-electron chi connectivity index (χ3n) is 4.01. The summed E-state index contributed by atoms with van der Waals surface area (Å²) in [4.78, 5) is 25.6. The molecule has 0 aliphatic heterocycles. The fraction of sp³-hybridized carbons (Fsp3) is 0.389. The average Bonchev–Trinajstić information content (AvgIpc) is 2.99. The predicted molar refractivity (Wildman–Crippen MR) is 88.0 cm³/mol. The number of oxazole rings is 1. The second-order valence-electron chi connectivity index (χ2n) is 6.13. The van der Waals surface area contributed by atoms with Crippen LogP contribution in [0.2, 0.25) is 0 Å². The minimum Gasteiger partial charge on any atom is -0.481 e. The number of halogens is 3. The minimum absolute atomic E-state index is 0.101. The van der Waals surface area contributed by atoms with Gasteiger partial charge in [-0.2, -0.15) is 13.2 Å². The van der Waals surface area contributed by atoms with Crippen molar-refractivity contribution in [2.24, 2.45) is 5.92 Å². The summed E-state index contributed by atoms with van der Waals surface area (Å²) < 4.78 is 44.5. The van der Waals surface area contributed by atoms with Gasteiger partial charge >= 0.3 is 18.1 Å². The smallest absolute Gasteiger partial charge is 0.451 e. The maximum Gasteiger partial charge on any atom is 0.451 e. The maximum atomic E-state index is 13.2. The van der Waals surface area contributed by atoms with Crippen molar-refractivity contribution < 1.29 is 37.4 Å². The molecule has 9 heteroatoms. The SMILES string of the molecule is Cc1ccc(-c2nc(CCCCC(C(=O)O)C(=O)O)c(C(F)(F)F)o2)cc1. The molecule has 2 aromatic rings. The van der Waals surface area contributed by atoms with Crippen LogP contribution in [0.3, 0.4) is 0 Å². The van der Waals surface area contributed by atoms with Gasteiger partial charge in [0.25, 0.3) is 0 Å². The fourth-order valence-corrected chi connectivity index (χ4v) is 2.56. The van der Waals surface area contributed by atoms with Crippen molar-refractivity contribution in [3.63, 3.8) is 0 Å². The summed E-state index contributed by atoms with van der Waals surface area (Å²) >= 11 is 0. The van der Waals surface area contributed by atoms with E-state index in [9.17, 15) is 22.8 Å². The third kappa shape index (κ3) is 5.32. The van der Waals surface area contributed by atoms with Gasteiger partial charge < -0.3 is 14.6 Å². The highest BCUT2D eigenvalue weighted by Gasteiger charge is 2.39. The van der Waals surface area contributed by atoms with Crippen LogP contribution < -0.4 is 0 Å². The molecule has 0 atom stereocenters. The van der Waals surface area contributed by atoms with Crippen molar-refractivity contribution in [2.45, 2.75) is 38.8 Å². The zero-order chi connectivity index (χ0) is 20.2. The molecule has 0 unspecified atom stereocenters. The number of aliphatic carboxylic acids is 2. The monoisotopic (exact) mass is 385 g/mol. The summed E-state index contributed by atoms with van der Waals surface area (Å²) in [5.41, 5.74) is 1.07. The van der Waals surface area contributed by atoms with Crippen LogP contribution in [0.25, 0.3) is 11.5 Å². The summed E-state index contributed by atoms with van der Waals surface area (Å²) in [5, 5.41) is 17.6. The molecule has 0 aliphatic carbocycles. The first kappa shape index (κ1) is 20.5. The molecule has 146 valence electrons. The quantitative estimate of drug-likeness (QED) is 0.523. The van der Waals surface area contributed by atoms with Gasteiger partial charge in [-0.15, -0.1) is 0 Å². The number of hydrogen-bond acceptors (Lipinski definition) is 4. The second-order valence-corrected chi connectivity index (χ2v) is 6.13. The van der Waals surface area contributed by atoms with Crippen LogP contribution in [-0.4, -0.2) is 27.1 Å². The van der Waals surface area contributed by atoms with E-state index in [2.05, 4.69) is 4.98 Å². The number of benzene rings is 1. The number of rotatable bonds is 8. The van der Waals surface area contributed by atoms with Crippen molar-refractivity contribution in [1.82, 2.24) is 4.98 Å². The lowest BCUT2D eigenvalue weighted by molar-refractivity contribution is -0.155. The standard InChI is InChI=1S/C18H18F3NO5/c1-10-6-8-11(9-7-10)15-22-13(14(27-15)18(19,20)21)5-3-2-4-12(16(23)24)17(25)26/h6-9,12H,2-5H2,1H3,(H,23,24)(H,25,26). The number of alkyl halides is 3. The Morgan fingerprint density at radius 3 is 2.22 bits per heavy atom. The fourth-order valence-electron chi connectivity index (χ4n) is 2.56. The van der Waals surface area contributed by atoms with Crippen molar-refractivity contribution in [3.05, 3.63) is 41.3 Å². The molecule has 0 spiro atoms. The zero-order valence-corrected chi connectivity index (χ0v) is 14.4. The summed E-state index contributed by atoms with van der Waals surface area (Å²) in [6.45, 7) is 1.84. The molecule has 1 aromatic carbocycles. The summed E-state index contributed by atoms with van der Waals surface area (Å²) in [5.74, 6) is -5.85. The minimum atomic E-state index is -4.71. The van der Waals surface area contributed by atoms with E-state index in [0.29, 0.717) is 5.56 Å². The zero-order valence-electron chi connectivity index (χ0n) is 14.4.